The number of rotatable bonds is 6. The van der Waals surface area contributed by atoms with Crippen LogP contribution in [0.2, 0.25) is 5.02 Å². The van der Waals surface area contributed by atoms with E-state index >= 15 is 0 Å². The number of aryl methyl sites for hydroxylation is 1. The summed E-state index contributed by atoms with van der Waals surface area (Å²) in [6.45, 7) is 1.29. The van der Waals surface area contributed by atoms with E-state index in [9.17, 15) is 13.6 Å². The molecule has 0 aliphatic heterocycles. The third-order valence-electron chi connectivity index (χ3n) is 4.66. The molecule has 15 heteroatoms. The number of methoxy groups -OCH3 is 1. The van der Waals surface area contributed by atoms with Crippen molar-refractivity contribution >= 4 is 23.5 Å². The molecule has 0 aliphatic carbocycles. The van der Waals surface area contributed by atoms with Gasteiger partial charge in [0.1, 0.15) is 11.6 Å². The van der Waals surface area contributed by atoms with E-state index in [2.05, 4.69) is 36.1 Å². The van der Waals surface area contributed by atoms with Gasteiger partial charge in [0.25, 0.3) is 5.88 Å². The molecule has 0 atom stereocenters. The van der Waals surface area contributed by atoms with Crippen LogP contribution in [0, 0.1) is 18.6 Å². The maximum Gasteiger partial charge on any atom is 0.308 e. The molecule has 3 aromatic heterocycles. The summed E-state index contributed by atoms with van der Waals surface area (Å²) in [6, 6.07) is 4.94. The van der Waals surface area contributed by atoms with Crippen LogP contribution in [0.3, 0.4) is 0 Å². The van der Waals surface area contributed by atoms with Gasteiger partial charge in [0.2, 0.25) is 23.4 Å². The second-order valence-electron chi connectivity index (χ2n) is 7.11. The quantitative estimate of drug-likeness (QED) is 0.196. The van der Waals surface area contributed by atoms with Crippen LogP contribution in [-0.4, -0.2) is 39.3 Å². The van der Waals surface area contributed by atoms with Crippen molar-refractivity contribution in [3.63, 3.8) is 0 Å². The lowest BCUT2D eigenvalue weighted by atomic mass is 9.99. The molecule has 12 nitrogen and oxygen atoms in total. The molecule has 4 aromatic rings. The van der Waals surface area contributed by atoms with E-state index in [1.165, 1.54) is 25.4 Å². The molecular weight excluding hydrogens is 502 g/mol. The van der Waals surface area contributed by atoms with Gasteiger partial charge in [0, 0.05) is 23.7 Å². The van der Waals surface area contributed by atoms with Crippen LogP contribution in [0.4, 0.5) is 8.78 Å². The highest BCUT2D eigenvalue weighted by atomic mass is 35.5. The molecule has 0 spiro atoms. The normalized spacial score (nSPS) is 11.4. The number of hydrogen-bond acceptors (Lipinski definition) is 9. The van der Waals surface area contributed by atoms with Crippen molar-refractivity contribution in [1.82, 2.24) is 31.1 Å². The zero-order valence-corrected chi connectivity index (χ0v) is 19.4. The number of aromatic nitrogens is 4. The van der Waals surface area contributed by atoms with E-state index in [0.717, 1.165) is 12.1 Å². The van der Waals surface area contributed by atoms with Gasteiger partial charge in [-0.15, -0.1) is 0 Å². The van der Waals surface area contributed by atoms with Crippen molar-refractivity contribution in [3.05, 3.63) is 64.5 Å². The lowest BCUT2D eigenvalue weighted by Gasteiger charge is -2.10. The van der Waals surface area contributed by atoms with Gasteiger partial charge in [-0.25, -0.2) is 13.8 Å². The molecule has 186 valence electrons. The summed E-state index contributed by atoms with van der Waals surface area (Å²) >= 11 is 6.02. The molecule has 0 saturated heterocycles. The van der Waals surface area contributed by atoms with Gasteiger partial charge >= 0.3 is 5.91 Å². The van der Waals surface area contributed by atoms with Crippen LogP contribution >= 0.6 is 11.6 Å². The van der Waals surface area contributed by atoms with E-state index in [1.54, 1.807) is 6.92 Å². The zero-order chi connectivity index (χ0) is 25.8. The first kappa shape index (κ1) is 24.5. The SMILES string of the molecule is COc1cc(C(=O)NNC(N)=NCc2ncc(-c3cc(Cl)cc(F)c3-c3noc(C)n3)cc2F)on1. The molecule has 0 radical (unpaired) electrons. The number of hydrogen-bond donors (Lipinski definition) is 3. The van der Waals surface area contributed by atoms with Crippen molar-refractivity contribution in [1.29, 1.82) is 0 Å². The van der Waals surface area contributed by atoms with Crippen molar-refractivity contribution < 1.29 is 27.4 Å². The fourth-order valence-electron chi connectivity index (χ4n) is 3.00. The maximum atomic E-state index is 14.8. The standard InChI is InChI=1S/C21H17ClF2N8O4/c1-9-28-19(32-35-9)18-12(4-11(22)5-14(18)24)10-3-13(23)15(26-7-10)8-27-21(25)30-29-20(33)16-6-17(34-2)31-36-16/h3-7H,8H2,1-2H3,(H,29,33)(H3,25,27,30). The smallest absolute Gasteiger partial charge is 0.308 e. The molecule has 1 aromatic carbocycles. The lowest BCUT2D eigenvalue weighted by molar-refractivity contribution is 0.0906. The number of amides is 1. The number of nitrogens with zero attached hydrogens (tertiary/aromatic N) is 5. The maximum absolute atomic E-state index is 14.8. The van der Waals surface area contributed by atoms with Crippen LogP contribution in [0.1, 0.15) is 22.1 Å². The van der Waals surface area contributed by atoms with Crippen molar-refractivity contribution in [3.8, 4) is 28.4 Å². The van der Waals surface area contributed by atoms with E-state index in [-0.39, 0.29) is 63.3 Å². The Hall–Kier alpha value is -4.59. The average Bonchev–Trinajstić information content (AvgIpc) is 3.50. The van der Waals surface area contributed by atoms with Crippen LogP contribution in [0.25, 0.3) is 22.5 Å². The highest BCUT2D eigenvalue weighted by Crippen LogP contribution is 2.35. The Bertz CT molecular complexity index is 1460. The molecule has 0 unspecified atom stereocenters. The second-order valence-corrected chi connectivity index (χ2v) is 7.55. The molecular formula is C21H17ClF2N8O4. The molecule has 3 heterocycles. The Balaban J connectivity index is 1.49. The summed E-state index contributed by atoms with van der Waals surface area (Å²) in [5.41, 5.74) is 10.6. The first-order chi connectivity index (χ1) is 17.2. The van der Waals surface area contributed by atoms with Gasteiger partial charge in [-0.1, -0.05) is 16.8 Å². The number of carbonyl (C=O) groups is 1. The molecule has 4 rings (SSSR count). The van der Waals surface area contributed by atoms with E-state index in [4.69, 9.17) is 31.1 Å². The first-order valence-corrected chi connectivity index (χ1v) is 10.4. The predicted octanol–water partition coefficient (Wildman–Crippen LogP) is 2.78. The van der Waals surface area contributed by atoms with Gasteiger partial charge in [-0.2, -0.15) is 4.98 Å². The summed E-state index contributed by atoms with van der Waals surface area (Å²) in [6.07, 6.45) is 1.32. The number of benzene rings is 1. The van der Waals surface area contributed by atoms with Gasteiger partial charge in [0.15, 0.2) is 0 Å². The lowest BCUT2D eigenvalue weighted by Crippen LogP contribution is -2.45. The summed E-state index contributed by atoms with van der Waals surface area (Å²) in [7, 11) is 1.36. The number of hydrazine groups is 1. The fraction of sp³-hybridized carbons (Fsp3) is 0.143. The van der Waals surface area contributed by atoms with Crippen LogP contribution in [-0.2, 0) is 6.54 Å². The van der Waals surface area contributed by atoms with Crippen molar-refractivity contribution in [2.24, 2.45) is 10.7 Å². The predicted molar refractivity (Wildman–Crippen MR) is 122 cm³/mol. The topological polar surface area (TPSA) is 167 Å². The Labute approximate surface area is 206 Å². The molecule has 4 N–H and O–H groups in total. The summed E-state index contributed by atoms with van der Waals surface area (Å²) in [4.78, 5) is 24.0. The van der Waals surface area contributed by atoms with Gasteiger partial charge in [-0.3, -0.25) is 20.6 Å². The Morgan fingerprint density at radius 2 is 1.97 bits per heavy atom. The Morgan fingerprint density at radius 3 is 2.64 bits per heavy atom. The van der Waals surface area contributed by atoms with Crippen molar-refractivity contribution in [2.75, 3.05) is 7.11 Å². The third-order valence-corrected chi connectivity index (χ3v) is 4.88. The Morgan fingerprint density at radius 1 is 1.17 bits per heavy atom. The molecule has 0 fully saturated rings. The monoisotopic (exact) mass is 518 g/mol. The number of pyridine rings is 1. The van der Waals surface area contributed by atoms with Crippen LogP contribution in [0.15, 0.2) is 44.5 Å². The zero-order valence-electron chi connectivity index (χ0n) is 18.7. The minimum absolute atomic E-state index is 0.0169. The molecule has 36 heavy (non-hydrogen) atoms. The molecule has 0 bridgehead atoms. The number of aliphatic imine (C=N–C) groups is 1. The average molecular weight is 519 g/mol. The van der Waals surface area contributed by atoms with Gasteiger partial charge in [-0.05, 0) is 28.9 Å². The van der Waals surface area contributed by atoms with Crippen LogP contribution in [0.5, 0.6) is 5.88 Å². The van der Waals surface area contributed by atoms with E-state index < -0.39 is 17.5 Å². The highest BCUT2D eigenvalue weighted by molar-refractivity contribution is 6.31. The first-order valence-electron chi connectivity index (χ1n) is 10.1. The number of carbonyl (C=O) groups excluding carboxylic acids is 1. The Kier molecular flexibility index (Phi) is 7.05. The number of guanidine groups is 1. The van der Waals surface area contributed by atoms with Gasteiger partial charge < -0.3 is 19.5 Å². The minimum Gasteiger partial charge on any atom is -0.479 e. The molecule has 0 aliphatic rings. The van der Waals surface area contributed by atoms with E-state index in [0.29, 0.717) is 0 Å². The number of halogens is 3. The fourth-order valence-corrected chi connectivity index (χ4v) is 3.21. The summed E-state index contributed by atoms with van der Waals surface area (Å²) in [5.74, 6) is -2.18. The third kappa shape index (κ3) is 5.38. The van der Waals surface area contributed by atoms with E-state index in [1.807, 2.05) is 0 Å². The minimum atomic E-state index is -0.738. The number of ether oxygens (including phenoxy) is 1. The molecule has 0 saturated carbocycles. The summed E-state index contributed by atoms with van der Waals surface area (Å²) < 4.78 is 44.1. The van der Waals surface area contributed by atoms with Gasteiger partial charge in [0.05, 0.1) is 31.0 Å². The van der Waals surface area contributed by atoms with Crippen molar-refractivity contribution in [2.45, 2.75) is 13.5 Å². The number of nitrogens with one attached hydrogen (secondary N) is 2. The second kappa shape index (κ2) is 10.4. The molecule has 1 amide bonds. The highest BCUT2D eigenvalue weighted by Gasteiger charge is 2.20. The van der Waals surface area contributed by atoms with Crippen LogP contribution < -0.4 is 21.3 Å². The largest absolute Gasteiger partial charge is 0.479 e. The summed E-state index contributed by atoms with van der Waals surface area (Å²) in [5, 5.41) is 7.32. The number of nitrogens with two attached hydrogens (primary N) is 1.